The van der Waals surface area contributed by atoms with Crippen molar-refractivity contribution in [2.45, 2.75) is 31.3 Å². The van der Waals surface area contributed by atoms with Crippen LogP contribution in [0.5, 0.6) is 0 Å². The van der Waals surface area contributed by atoms with E-state index >= 15 is 0 Å². The normalized spacial score (nSPS) is 11.6. The molecule has 5 nitrogen and oxygen atoms in total. The molecule has 2 aromatic rings. The minimum atomic E-state index is -3.68. The van der Waals surface area contributed by atoms with Gasteiger partial charge in [-0.05, 0) is 37.5 Å². The Morgan fingerprint density at radius 1 is 0.769 bits per heavy atom. The van der Waals surface area contributed by atoms with E-state index in [0.717, 1.165) is 17.5 Å². The molecule has 0 N–H and O–H groups in total. The SMILES string of the molecule is Cc1ccc(S(=O)(=O)OCCCOCCCOCc2ccccc2)cc1. The second-order valence-electron chi connectivity index (χ2n) is 5.95. The van der Waals surface area contributed by atoms with Gasteiger partial charge in [0.25, 0.3) is 10.1 Å². The van der Waals surface area contributed by atoms with Gasteiger partial charge < -0.3 is 9.47 Å². The van der Waals surface area contributed by atoms with Gasteiger partial charge in [0.1, 0.15) is 0 Å². The van der Waals surface area contributed by atoms with Crippen molar-refractivity contribution in [3.8, 4) is 0 Å². The predicted molar refractivity (Wildman–Crippen MR) is 100 cm³/mol. The van der Waals surface area contributed by atoms with Gasteiger partial charge >= 0.3 is 0 Å². The molecule has 0 saturated heterocycles. The second-order valence-corrected chi connectivity index (χ2v) is 7.56. The molecule has 0 aromatic heterocycles. The first-order valence-corrected chi connectivity index (χ1v) is 10.1. The Morgan fingerprint density at radius 2 is 1.38 bits per heavy atom. The molecular formula is C20H26O5S. The molecule has 0 bridgehead atoms. The summed E-state index contributed by atoms with van der Waals surface area (Å²) in [6.07, 6.45) is 1.32. The molecule has 142 valence electrons. The van der Waals surface area contributed by atoms with E-state index in [0.29, 0.717) is 32.8 Å². The third-order valence-corrected chi connectivity index (χ3v) is 5.00. The summed E-state index contributed by atoms with van der Waals surface area (Å²) in [6, 6.07) is 16.6. The predicted octanol–water partition coefficient (Wildman–Crippen LogP) is 3.71. The fraction of sp³-hybridized carbons (Fsp3) is 0.400. The molecule has 0 unspecified atom stereocenters. The highest BCUT2D eigenvalue weighted by molar-refractivity contribution is 7.86. The number of ether oxygens (including phenoxy) is 2. The monoisotopic (exact) mass is 378 g/mol. The van der Waals surface area contributed by atoms with Crippen LogP contribution in [0.3, 0.4) is 0 Å². The summed E-state index contributed by atoms with van der Waals surface area (Å²) < 4.78 is 40.0. The number of hydrogen-bond donors (Lipinski definition) is 0. The van der Waals surface area contributed by atoms with Gasteiger partial charge in [-0.15, -0.1) is 0 Å². The largest absolute Gasteiger partial charge is 0.381 e. The number of benzene rings is 2. The fourth-order valence-corrected chi connectivity index (χ4v) is 3.17. The van der Waals surface area contributed by atoms with Crippen molar-refractivity contribution in [1.82, 2.24) is 0 Å². The molecule has 0 aliphatic heterocycles. The maximum Gasteiger partial charge on any atom is 0.296 e. The van der Waals surface area contributed by atoms with Gasteiger partial charge in [0.2, 0.25) is 0 Å². The lowest BCUT2D eigenvalue weighted by Crippen LogP contribution is -2.10. The highest BCUT2D eigenvalue weighted by Gasteiger charge is 2.14. The van der Waals surface area contributed by atoms with Crippen LogP contribution in [0, 0.1) is 6.92 Å². The molecule has 2 aromatic carbocycles. The van der Waals surface area contributed by atoms with Crippen molar-refractivity contribution in [2.75, 3.05) is 26.4 Å². The standard InChI is InChI=1S/C20H26O5S/c1-18-9-11-20(12-10-18)26(21,22)25-16-6-14-23-13-5-15-24-17-19-7-3-2-4-8-19/h2-4,7-12H,5-6,13-17H2,1H3. The van der Waals surface area contributed by atoms with Crippen molar-refractivity contribution in [3.05, 3.63) is 65.7 Å². The van der Waals surface area contributed by atoms with Gasteiger partial charge in [-0.3, -0.25) is 4.18 Å². The molecule has 0 atom stereocenters. The van der Waals surface area contributed by atoms with Crippen LogP contribution in [0.15, 0.2) is 59.5 Å². The maximum atomic E-state index is 12.0. The summed E-state index contributed by atoms with van der Waals surface area (Å²) in [4.78, 5) is 0.180. The highest BCUT2D eigenvalue weighted by Crippen LogP contribution is 2.13. The zero-order valence-corrected chi connectivity index (χ0v) is 15.9. The molecule has 2 rings (SSSR count). The summed E-state index contributed by atoms with van der Waals surface area (Å²) in [6.45, 7) is 4.29. The van der Waals surface area contributed by atoms with E-state index in [1.165, 1.54) is 0 Å². The third kappa shape index (κ3) is 7.66. The van der Waals surface area contributed by atoms with E-state index in [9.17, 15) is 8.42 Å². The fourth-order valence-electron chi connectivity index (χ4n) is 2.23. The third-order valence-electron chi connectivity index (χ3n) is 3.67. The smallest absolute Gasteiger partial charge is 0.296 e. The topological polar surface area (TPSA) is 61.8 Å². The summed E-state index contributed by atoms with van der Waals surface area (Å²) in [5.41, 5.74) is 2.16. The van der Waals surface area contributed by atoms with Crippen molar-refractivity contribution >= 4 is 10.1 Å². The Kier molecular flexibility index (Phi) is 8.77. The van der Waals surface area contributed by atoms with Crippen LogP contribution in [0.1, 0.15) is 24.0 Å². The first-order chi connectivity index (χ1) is 12.6. The van der Waals surface area contributed by atoms with Crippen LogP contribution >= 0.6 is 0 Å². The first-order valence-electron chi connectivity index (χ1n) is 8.73. The van der Waals surface area contributed by atoms with Crippen molar-refractivity contribution < 1.29 is 22.1 Å². The van der Waals surface area contributed by atoms with Crippen LogP contribution in [-0.4, -0.2) is 34.8 Å². The van der Waals surface area contributed by atoms with E-state index in [4.69, 9.17) is 13.7 Å². The zero-order chi connectivity index (χ0) is 18.7. The van der Waals surface area contributed by atoms with Crippen LogP contribution < -0.4 is 0 Å². The number of rotatable bonds is 12. The molecule has 0 radical (unpaired) electrons. The molecule has 6 heteroatoms. The van der Waals surface area contributed by atoms with Crippen molar-refractivity contribution in [2.24, 2.45) is 0 Å². The Balaban J connectivity index is 1.48. The van der Waals surface area contributed by atoms with E-state index in [2.05, 4.69) is 0 Å². The van der Waals surface area contributed by atoms with Crippen LogP contribution in [0.25, 0.3) is 0 Å². The van der Waals surface area contributed by atoms with Gasteiger partial charge in [-0.2, -0.15) is 8.42 Å². The summed E-state index contributed by atoms with van der Waals surface area (Å²) >= 11 is 0. The molecule has 0 spiro atoms. The van der Waals surface area contributed by atoms with Gasteiger partial charge in [0, 0.05) is 19.8 Å². The summed E-state index contributed by atoms with van der Waals surface area (Å²) in [7, 11) is -3.68. The molecule has 26 heavy (non-hydrogen) atoms. The van der Waals surface area contributed by atoms with E-state index < -0.39 is 10.1 Å². The molecule has 0 saturated carbocycles. The Bertz CT molecular complexity index is 727. The Labute approximate surface area is 156 Å². The van der Waals surface area contributed by atoms with Crippen LogP contribution in [-0.2, 0) is 30.4 Å². The van der Waals surface area contributed by atoms with Gasteiger partial charge in [-0.25, -0.2) is 0 Å². The molecule has 0 fully saturated rings. The van der Waals surface area contributed by atoms with E-state index in [-0.39, 0.29) is 11.5 Å². The lowest BCUT2D eigenvalue weighted by atomic mass is 10.2. The zero-order valence-electron chi connectivity index (χ0n) is 15.1. The average molecular weight is 378 g/mol. The quantitative estimate of drug-likeness (QED) is 0.416. The van der Waals surface area contributed by atoms with E-state index in [1.54, 1.807) is 24.3 Å². The van der Waals surface area contributed by atoms with Crippen LogP contribution in [0.4, 0.5) is 0 Å². The Hall–Kier alpha value is -1.73. The van der Waals surface area contributed by atoms with Crippen molar-refractivity contribution in [3.63, 3.8) is 0 Å². The summed E-state index contributed by atoms with van der Waals surface area (Å²) in [5, 5.41) is 0. The molecule has 0 amide bonds. The lowest BCUT2D eigenvalue weighted by Gasteiger charge is -2.07. The highest BCUT2D eigenvalue weighted by atomic mass is 32.2. The maximum absolute atomic E-state index is 12.0. The lowest BCUT2D eigenvalue weighted by molar-refractivity contribution is 0.0716. The average Bonchev–Trinajstić information content (AvgIpc) is 2.64. The number of aryl methyl sites for hydroxylation is 1. The molecular weight excluding hydrogens is 352 g/mol. The minimum Gasteiger partial charge on any atom is -0.381 e. The first kappa shape index (κ1) is 20.6. The molecule has 0 heterocycles. The van der Waals surface area contributed by atoms with Crippen molar-refractivity contribution in [1.29, 1.82) is 0 Å². The number of hydrogen-bond acceptors (Lipinski definition) is 5. The minimum absolute atomic E-state index is 0.112. The van der Waals surface area contributed by atoms with Gasteiger partial charge in [-0.1, -0.05) is 48.0 Å². The van der Waals surface area contributed by atoms with Crippen LogP contribution in [0.2, 0.25) is 0 Å². The second kappa shape index (κ2) is 11.1. The Morgan fingerprint density at radius 3 is 2.08 bits per heavy atom. The van der Waals surface area contributed by atoms with Gasteiger partial charge in [0.05, 0.1) is 18.1 Å². The molecule has 0 aliphatic rings. The van der Waals surface area contributed by atoms with E-state index in [1.807, 2.05) is 37.3 Å². The summed E-state index contributed by atoms with van der Waals surface area (Å²) in [5.74, 6) is 0. The molecule has 0 aliphatic carbocycles. The van der Waals surface area contributed by atoms with Gasteiger partial charge in [0.15, 0.2) is 0 Å².